The first-order valence-corrected chi connectivity index (χ1v) is 4.71. The molecule has 0 saturated heterocycles. The van der Waals surface area contributed by atoms with Crippen LogP contribution in [-0.2, 0) is 4.79 Å². The minimum atomic E-state index is -0.994. The van der Waals surface area contributed by atoms with Crippen LogP contribution < -0.4 is 11.1 Å². The minimum absolute atomic E-state index is 0.128. The van der Waals surface area contributed by atoms with E-state index in [0.717, 1.165) is 5.69 Å². The van der Waals surface area contributed by atoms with Crippen LogP contribution in [0.25, 0.3) is 0 Å². The van der Waals surface area contributed by atoms with Crippen molar-refractivity contribution in [1.82, 2.24) is 10.3 Å². The molecule has 0 amide bonds. The minimum Gasteiger partial charge on any atom is -0.480 e. The molecule has 0 radical (unpaired) electrons. The molecule has 0 spiro atoms. The van der Waals surface area contributed by atoms with E-state index in [1.807, 2.05) is 18.2 Å². The zero-order valence-corrected chi connectivity index (χ0v) is 8.55. The molecular weight excluding hydrogens is 194 g/mol. The fourth-order valence-electron chi connectivity index (χ4n) is 1.32. The van der Waals surface area contributed by atoms with Crippen molar-refractivity contribution in [3.05, 3.63) is 30.1 Å². The number of carboxylic acids is 1. The molecular formula is C10H15N3O2. The van der Waals surface area contributed by atoms with E-state index < -0.39 is 12.0 Å². The lowest BCUT2D eigenvalue weighted by atomic mass is 10.0. The van der Waals surface area contributed by atoms with Gasteiger partial charge >= 0.3 is 5.97 Å². The third kappa shape index (κ3) is 3.30. The summed E-state index contributed by atoms with van der Waals surface area (Å²) in [5, 5.41) is 11.7. The molecule has 15 heavy (non-hydrogen) atoms. The Morgan fingerprint density at radius 2 is 2.40 bits per heavy atom. The molecule has 0 saturated carbocycles. The lowest BCUT2D eigenvalue weighted by Gasteiger charge is -2.17. The van der Waals surface area contributed by atoms with Crippen molar-refractivity contribution in [3.63, 3.8) is 0 Å². The first-order chi connectivity index (χ1) is 7.15. The molecule has 0 bridgehead atoms. The summed E-state index contributed by atoms with van der Waals surface area (Å²) in [4.78, 5) is 14.8. The lowest BCUT2D eigenvalue weighted by molar-refractivity contribution is -0.138. The van der Waals surface area contributed by atoms with Crippen molar-refractivity contribution in [2.24, 2.45) is 5.73 Å². The first-order valence-electron chi connectivity index (χ1n) is 4.71. The number of nitrogens with zero attached hydrogens (tertiary/aromatic N) is 1. The number of hydrogen-bond acceptors (Lipinski definition) is 4. The van der Waals surface area contributed by atoms with Crippen LogP contribution in [0.3, 0.4) is 0 Å². The van der Waals surface area contributed by atoms with E-state index in [9.17, 15) is 4.79 Å². The molecule has 0 fully saturated rings. The van der Waals surface area contributed by atoms with E-state index in [0.29, 0.717) is 6.42 Å². The monoisotopic (exact) mass is 209 g/mol. The average molecular weight is 209 g/mol. The largest absolute Gasteiger partial charge is 0.480 e. The van der Waals surface area contributed by atoms with Gasteiger partial charge in [0.1, 0.15) is 6.04 Å². The van der Waals surface area contributed by atoms with Crippen LogP contribution in [0, 0.1) is 0 Å². The zero-order valence-electron chi connectivity index (χ0n) is 8.55. The van der Waals surface area contributed by atoms with E-state index in [4.69, 9.17) is 10.8 Å². The Balaban J connectivity index is 2.69. The number of nitrogens with two attached hydrogens (primary N) is 1. The Hall–Kier alpha value is -1.46. The van der Waals surface area contributed by atoms with Gasteiger partial charge in [-0.2, -0.15) is 0 Å². The Kier molecular flexibility index (Phi) is 4.20. The van der Waals surface area contributed by atoms with Crippen LogP contribution >= 0.6 is 0 Å². The van der Waals surface area contributed by atoms with Gasteiger partial charge in [-0.3, -0.25) is 9.78 Å². The summed E-state index contributed by atoms with van der Waals surface area (Å²) in [5.74, 6) is -0.994. The number of carbonyl (C=O) groups is 1. The highest BCUT2D eigenvalue weighted by Gasteiger charge is 2.19. The van der Waals surface area contributed by atoms with Gasteiger partial charge in [-0.25, -0.2) is 0 Å². The highest BCUT2D eigenvalue weighted by atomic mass is 16.4. The smallest absolute Gasteiger partial charge is 0.320 e. The molecule has 2 atom stereocenters. The van der Waals surface area contributed by atoms with Gasteiger partial charge in [-0.1, -0.05) is 6.07 Å². The van der Waals surface area contributed by atoms with E-state index in [1.54, 1.807) is 13.2 Å². The van der Waals surface area contributed by atoms with Gasteiger partial charge in [0.05, 0.1) is 11.7 Å². The molecule has 4 N–H and O–H groups in total. The summed E-state index contributed by atoms with van der Waals surface area (Å²) >= 11 is 0. The second-order valence-electron chi connectivity index (χ2n) is 3.28. The van der Waals surface area contributed by atoms with Crippen molar-refractivity contribution in [2.45, 2.75) is 18.5 Å². The van der Waals surface area contributed by atoms with Crippen LogP contribution in [0.5, 0.6) is 0 Å². The molecule has 1 aromatic heterocycles. The molecule has 0 aliphatic rings. The highest BCUT2D eigenvalue weighted by molar-refractivity contribution is 5.73. The predicted octanol–water partition coefficient (Wildman–Crippen LogP) is 0.144. The Morgan fingerprint density at radius 1 is 1.67 bits per heavy atom. The Labute approximate surface area is 88.3 Å². The van der Waals surface area contributed by atoms with Gasteiger partial charge in [-0.15, -0.1) is 0 Å². The molecule has 1 rings (SSSR count). The van der Waals surface area contributed by atoms with Gasteiger partial charge in [-0.05, 0) is 25.6 Å². The van der Waals surface area contributed by atoms with E-state index >= 15 is 0 Å². The maximum atomic E-state index is 10.6. The van der Waals surface area contributed by atoms with Gasteiger partial charge in [0.25, 0.3) is 0 Å². The second kappa shape index (κ2) is 5.43. The molecule has 82 valence electrons. The maximum Gasteiger partial charge on any atom is 0.320 e. The summed E-state index contributed by atoms with van der Waals surface area (Å²) in [6.45, 7) is 0. The zero-order chi connectivity index (χ0) is 11.3. The third-order valence-electron chi connectivity index (χ3n) is 2.20. The van der Waals surface area contributed by atoms with E-state index in [1.165, 1.54) is 0 Å². The van der Waals surface area contributed by atoms with Gasteiger partial charge in [0, 0.05) is 6.20 Å². The SMILES string of the molecule is CNC(CC(N)C(=O)O)c1ccccn1. The molecule has 1 aromatic rings. The number of aromatic nitrogens is 1. The van der Waals surface area contributed by atoms with Gasteiger partial charge in [0.15, 0.2) is 0 Å². The summed E-state index contributed by atoms with van der Waals surface area (Å²) in [5.41, 5.74) is 6.27. The molecule has 0 aliphatic carbocycles. The summed E-state index contributed by atoms with van der Waals surface area (Å²) in [6, 6.07) is 4.52. The first kappa shape index (κ1) is 11.6. The van der Waals surface area contributed by atoms with Gasteiger partial charge in [0.2, 0.25) is 0 Å². The van der Waals surface area contributed by atoms with Crippen molar-refractivity contribution in [2.75, 3.05) is 7.05 Å². The van der Waals surface area contributed by atoms with Crippen LogP contribution in [0.2, 0.25) is 0 Å². The standard InChI is InChI=1S/C10H15N3O2/c1-12-9(6-7(11)10(14)15)8-4-2-3-5-13-8/h2-5,7,9,12H,6,11H2,1H3,(H,14,15). The molecule has 5 nitrogen and oxygen atoms in total. The molecule has 0 aromatic carbocycles. The molecule has 1 heterocycles. The summed E-state index contributed by atoms with van der Waals surface area (Å²) in [6.07, 6.45) is 1.99. The molecule has 5 heteroatoms. The van der Waals surface area contributed by atoms with Crippen molar-refractivity contribution in [1.29, 1.82) is 0 Å². The number of hydrogen-bond donors (Lipinski definition) is 3. The van der Waals surface area contributed by atoms with Crippen LogP contribution in [0.1, 0.15) is 18.2 Å². The number of nitrogens with one attached hydrogen (secondary N) is 1. The lowest BCUT2D eigenvalue weighted by Crippen LogP contribution is -2.35. The highest BCUT2D eigenvalue weighted by Crippen LogP contribution is 2.14. The third-order valence-corrected chi connectivity index (χ3v) is 2.20. The average Bonchev–Trinajstić information content (AvgIpc) is 2.26. The number of aliphatic carboxylic acids is 1. The van der Waals surface area contributed by atoms with Crippen molar-refractivity contribution in [3.8, 4) is 0 Å². The Morgan fingerprint density at radius 3 is 2.87 bits per heavy atom. The summed E-state index contributed by atoms with van der Waals surface area (Å²) < 4.78 is 0. The van der Waals surface area contributed by atoms with Crippen LogP contribution in [0.15, 0.2) is 24.4 Å². The summed E-state index contributed by atoms with van der Waals surface area (Å²) in [7, 11) is 1.76. The number of pyridine rings is 1. The fraction of sp³-hybridized carbons (Fsp3) is 0.400. The van der Waals surface area contributed by atoms with Crippen molar-refractivity contribution < 1.29 is 9.90 Å². The topological polar surface area (TPSA) is 88.2 Å². The maximum absolute atomic E-state index is 10.6. The van der Waals surface area contributed by atoms with Gasteiger partial charge < -0.3 is 16.2 Å². The van der Waals surface area contributed by atoms with Crippen LogP contribution in [-0.4, -0.2) is 29.1 Å². The number of carboxylic acid groups (broad SMARTS) is 1. The van der Waals surface area contributed by atoms with Crippen molar-refractivity contribution >= 4 is 5.97 Å². The fourth-order valence-corrected chi connectivity index (χ4v) is 1.32. The molecule has 2 unspecified atom stereocenters. The predicted molar refractivity (Wildman–Crippen MR) is 56.3 cm³/mol. The van der Waals surface area contributed by atoms with E-state index in [-0.39, 0.29) is 6.04 Å². The second-order valence-corrected chi connectivity index (χ2v) is 3.28. The quantitative estimate of drug-likeness (QED) is 0.642. The normalized spacial score (nSPS) is 14.5. The molecule has 0 aliphatic heterocycles. The van der Waals surface area contributed by atoms with Crippen LogP contribution in [0.4, 0.5) is 0 Å². The number of rotatable bonds is 5. The Bertz CT molecular complexity index is 316. The van der Waals surface area contributed by atoms with E-state index in [2.05, 4.69) is 10.3 Å².